The maximum absolute atomic E-state index is 14.2. The molecule has 0 unspecified atom stereocenters. The maximum atomic E-state index is 14.2. The maximum Gasteiger partial charge on any atom is 0.195 e. The SMILES string of the molecule is CC1(C)N=C(c2ccc(F)cc2F)c2c(Cl)cc(OS)cc2O1. The number of hydrogen-bond donors (Lipinski definition) is 1. The minimum absolute atomic E-state index is 0.144. The molecule has 2 aromatic rings. The Morgan fingerprint density at radius 2 is 1.96 bits per heavy atom. The lowest BCUT2D eigenvalue weighted by atomic mass is 9.98. The van der Waals surface area contributed by atoms with Crippen molar-refractivity contribution in [1.29, 1.82) is 0 Å². The van der Waals surface area contributed by atoms with Crippen LogP contribution >= 0.6 is 24.5 Å². The van der Waals surface area contributed by atoms with Gasteiger partial charge in [0.2, 0.25) is 0 Å². The van der Waals surface area contributed by atoms with E-state index in [9.17, 15) is 8.78 Å². The Hall–Kier alpha value is -1.79. The lowest BCUT2D eigenvalue weighted by Gasteiger charge is -2.31. The van der Waals surface area contributed by atoms with Crippen LogP contribution in [-0.4, -0.2) is 11.4 Å². The van der Waals surface area contributed by atoms with Crippen molar-refractivity contribution in [2.45, 2.75) is 19.6 Å². The summed E-state index contributed by atoms with van der Waals surface area (Å²) in [4.78, 5) is 4.42. The summed E-state index contributed by atoms with van der Waals surface area (Å²) in [6.07, 6.45) is 0. The molecule has 0 aromatic heterocycles. The average Bonchev–Trinajstić information content (AvgIpc) is 2.44. The van der Waals surface area contributed by atoms with E-state index in [-0.39, 0.29) is 10.6 Å². The number of hydrogen-bond acceptors (Lipinski definition) is 4. The third-order valence-corrected chi connectivity index (χ3v) is 3.81. The molecule has 0 atom stereocenters. The van der Waals surface area contributed by atoms with Gasteiger partial charge >= 0.3 is 0 Å². The minimum Gasteiger partial charge on any atom is -0.466 e. The number of fused-ring (bicyclic) bond motifs is 1. The fourth-order valence-corrected chi connectivity index (χ4v) is 2.81. The van der Waals surface area contributed by atoms with Gasteiger partial charge in [0.25, 0.3) is 0 Å². The molecule has 23 heavy (non-hydrogen) atoms. The lowest BCUT2D eigenvalue weighted by Crippen LogP contribution is -2.33. The summed E-state index contributed by atoms with van der Waals surface area (Å²) in [7, 11) is 0. The Morgan fingerprint density at radius 3 is 2.61 bits per heavy atom. The highest BCUT2D eigenvalue weighted by atomic mass is 35.5. The van der Waals surface area contributed by atoms with Gasteiger partial charge in [-0.15, -0.1) is 0 Å². The van der Waals surface area contributed by atoms with Crippen molar-refractivity contribution < 1.29 is 17.7 Å². The molecule has 0 bridgehead atoms. The van der Waals surface area contributed by atoms with Crippen LogP contribution in [0.25, 0.3) is 0 Å². The lowest BCUT2D eigenvalue weighted by molar-refractivity contribution is 0.115. The van der Waals surface area contributed by atoms with Crippen LogP contribution in [0.1, 0.15) is 25.0 Å². The van der Waals surface area contributed by atoms with E-state index in [1.807, 2.05) is 0 Å². The zero-order valence-corrected chi connectivity index (χ0v) is 13.9. The molecule has 0 fully saturated rings. The van der Waals surface area contributed by atoms with Crippen LogP contribution in [0, 0.1) is 11.6 Å². The monoisotopic (exact) mass is 355 g/mol. The number of benzene rings is 2. The van der Waals surface area contributed by atoms with Crippen LogP contribution in [0.3, 0.4) is 0 Å². The van der Waals surface area contributed by atoms with E-state index in [0.717, 1.165) is 6.07 Å². The summed E-state index contributed by atoms with van der Waals surface area (Å²) in [5, 5.41) is 0.268. The summed E-state index contributed by atoms with van der Waals surface area (Å²) < 4.78 is 38.1. The molecule has 0 aliphatic carbocycles. The van der Waals surface area contributed by atoms with Gasteiger partial charge in [-0.3, -0.25) is 0 Å². The second-order valence-electron chi connectivity index (χ2n) is 5.50. The van der Waals surface area contributed by atoms with Crippen molar-refractivity contribution in [1.82, 2.24) is 0 Å². The van der Waals surface area contributed by atoms with Gasteiger partial charge in [0, 0.05) is 36.7 Å². The molecule has 3 rings (SSSR count). The predicted octanol–water partition coefficient (Wildman–Crippen LogP) is 4.81. The molecular formula is C16H12ClF2NO2S. The molecule has 0 N–H and O–H groups in total. The first-order valence-electron chi connectivity index (χ1n) is 6.70. The Kier molecular flexibility index (Phi) is 3.98. The van der Waals surface area contributed by atoms with Gasteiger partial charge in [0.05, 0.1) is 16.3 Å². The number of halogens is 3. The van der Waals surface area contributed by atoms with Crippen LogP contribution in [0.5, 0.6) is 11.5 Å². The van der Waals surface area contributed by atoms with Gasteiger partial charge in [0.1, 0.15) is 23.1 Å². The highest BCUT2D eigenvalue weighted by Gasteiger charge is 2.32. The van der Waals surface area contributed by atoms with Crippen LogP contribution in [0.15, 0.2) is 35.3 Å². The highest BCUT2D eigenvalue weighted by molar-refractivity contribution is 7.75. The molecular weight excluding hydrogens is 344 g/mol. The van der Waals surface area contributed by atoms with Crippen LogP contribution < -0.4 is 8.92 Å². The second-order valence-corrected chi connectivity index (χ2v) is 6.09. The zero-order valence-electron chi connectivity index (χ0n) is 12.2. The van der Waals surface area contributed by atoms with E-state index in [1.165, 1.54) is 18.2 Å². The van der Waals surface area contributed by atoms with E-state index in [4.69, 9.17) is 20.5 Å². The smallest absolute Gasteiger partial charge is 0.195 e. The third kappa shape index (κ3) is 3.01. The topological polar surface area (TPSA) is 30.8 Å². The first-order chi connectivity index (χ1) is 10.8. The summed E-state index contributed by atoms with van der Waals surface area (Å²) in [6, 6.07) is 6.41. The van der Waals surface area contributed by atoms with E-state index in [2.05, 4.69) is 17.9 Å². The Morgan fingerprint density at radius 1 is 1.22 bits per heavy atom. The van der Waals surface area contributed by atoms with Gasteiger partial charge < -0.3 is 8.92 Å². The van der Waals surface area contributed by atoms with Crippen molar-refractivity contribution in [3.8, 4) is 11.5 Å². The number of ether oxygens (including phenoxy) is 1. The van der Waals surface area contributed by atoms with Crippen LogP contribution in [-0.2, 0) is 0 Å². The molecule has 0 saturated carbocycles. The molecule has 2 aromatic carbocycles. The fourth-order valence-electron chi connectivity index (χ4n) is 2.41. The molecule has 7 heteroatoms. The van der Waals surface area contributed by atoms with Crippen molar-refractivity contribution >= 4 is 30.2 Å². The second kappa shape index (κ2) is 5.69. The van der Waals surface area contributed by atoms with E-state index in [0.29, 0.717) is 22.8 Å². The van der Waals surface area contributed by atoms with Crippen molar-refractivity contribution in [3.63, 3.8) is 0 Å². The molecule has 0 saturated heterocycles. The van der Waals surface area contributed by atoms with Crippen molar-refractivity contribution in [3.05, 3.63) is 58.1 Å². The average molecular weight is 356 g/mol. The first kappa shape index (κ1) is 16.1. The van der Waals surface area contributed by atoms with Crippen molar-refractivity contribution in [2.24, 2.45) is 4.99 Å². The summed E-state index contributed by atoms with van der Waals surface area (Å²) in [6.45, 7) is 3.44. The molecule has 1 aliphatic heterocycles. The van der Waals surface area contributed by atoms with Gasteiger partial charge in [-0.25, -0.2) is 13.8 Å². The fraction of sp³-hybridized carbons (Fsp3) is 0.188. The van der Waals surface area contributed by atoms with E-state index < -0.39 is 17.4 Å². The van der Waals surface area contributed by atoms with Gasteiger partial charge in [-0.05, 0) is 26.0 Å². The summed E-state index contributed by atoms with van der Waals surface area (Å²) in [5.74, 6) is -0.615. The first-order valence-corrected chi connectivity index (χ1v) is 7.44. The van der Waals surface area contributed by atoms with Gasteiger partial charge in [-0.1, -0.05) is 11.6 Å². The van der Waals surface area contributed by atoms with Crippen LogP contribution in [0.4, 0.5) is 8.78 Å². The number of aliphatic imine (C=N–C) groups is 1. The Labute approximate surface area is 142 Å². The van der Waals surface area contributed by atoms with Crippen molar-refractivity contribution in [2.75, 3.05) is 0 Å². The summed E-state index contributed by atoms with van der Waals surface area (Å²) in [5.41, 5.74) is -0.0811. The molecule has 1 aliphatic rings. The molecule has 0 amide bonds. The largest absolute Gasteiger partial charge is 0.466 e. The van der Waals surface area contributed by atoms with E-state index in [1.54, 1.807) is 19.9 Å². The number of rotatable bonds is 2. The number of nitrogens with zero attached hydrogens (tertiary/aromatic N) is 1. The van der Waals surface area contributed by atoms with Gasteiger partial charge in [-0.2, -0.15) is 0 Å². The zero-order chi connectivity index (χ0) is 16.8. The normalized spacial score (nSPS) is 15.5. The van der Waals surface area contributed by atoms with Gasteiger partial charge in [0.15, 0.2) is 5.72 Å². The number of thiol groups is 1. The molecule has 120 valence electrons. The van der Waals surface area contributed by atoms with E-state index >= 15 is 0 Å². The minimum atomic E-state index is -0.943. The summed E-state index contributed by atoms with van der Waals surface area (Å²) >= 11 is 10.0. The highest BCUT2D eigenvalue weighted by Crippen LogP contribution is 2.40. The molecule has 1 heterocycles. The third-order valence-electron chi connectivity index (χ3n) is 3.30. The Balaban J connectivity index is 2.26. The quantitative estimate of drug-likeness (QED) is 0.619. The predicted molar refractivity (Wildman–Crippen MR) is 87.8 cm³/mol. The molecule has 0 spiro atoms. The Bertz CT molecular complexity index is 824. The molecule has 0 radical (unpaired) electrons. The molecule has 3 nitrogen and oxygen atoms in total. The standard InChI is InChI=1S/C16H12ClF2NO2S/c1-16(2)20-15(10-4-3-8(18)5-12(10)19)14-11(17)6-9(22-23)7-13(14)21-16/h3-7,23H,1-2H3. The van der Waals surface area contributed by atoms with Crippen LogP contribution in [0.2, 0.25) is 5.02 Å².